The first-order valence-corrected chi connectivity index (χ1v) is 7.50. The molecule has 1 heterocycles. The van der Waals surface area contributed by atoms with Crippen LogP contribution in [0, 0.1) is 5.41 Å². The molecule has 4 N–H and O–H groups in total. The lowest BCUT2D eigenvalue weighted by molar-refractivity contribution is -0.137. The third-order valence-corrected chi connectivity index (χ3v) is 3.54. The molecule has 0 amide bonds. The number of halogens is 4. The average molecular weight is 403 g/mol. The largest absolute Gasteiger partial charge is 0.421 e. The molecule has 1 aromatic carbocycles. The Morgan fingerprint density at radius 1 is 1.21 bits per heavy atom. The molecule has 0 fully saturated rings. The van der Waals surface area contributed by atoms with Gasteiger partial charge in [0.15, 0.2) is 0 Å². The Labute approximate surface area is 144 Å². The second kappa shape index (κ2) is 7.04. The predicted octanol–water partition coefficient (Wildman–Crippen LogP) is 4.04. The van der Waals surface area contributed by atoms with Gasteiger partial charge >= 0.3 is 6.18 Å². The summed E-state index contributed by atoms with van der Waals surface area (Å²) in [5.41, 5.74) is 0.947. The van der Waals surface area contributed by atoms with Crippen LogP contribution in [0.4, 0.5) is 36.3 Å². The van der Waals surface area contributed by atoms with Crippen LogP contribution >= 0.6 is 15.9 Å². The van der Waals surface area contributed by atoms with E-state index in [1.807, 2.05) is 0 Å². The Morgan fingerprint density at radius 3 is 2.46 bits per heavy atom. The first-order chi connectivity index (χ1) is 11.3. The first kappa shape index (κ1) is 18.0. The maximum atomic E-state index is 12.8. The minimum Gasteiger partial charge on any atom is -0.387 e. The van der Waals surface area contributed by atoms with Crippen molar-refractivity contribution in [1.29, 1.82) is 5.41 Å². The lowest BCUT2D eigenvalue weighted by Crippen LogP contribution is -2.12. The fraction of sp³-hybridized carbons (Fsp3) is 0.214. The quantitative estimate of drug-likeness (QED) is 0.567. The molecule has 128 valence electrons. The maximum Gasteiger partial charge on any atom is 0.421 e. The fourth-order valence-corrected chi connectivity index (χ4v) is 2.34. The van der Waals surface area contributed by atoms with Crippen LogP contribution in [0.15, 0.2) is 24.4 Å². The Hall–Kier alpha value is -2.36. The minimum atomic E-state index is -4.53. The number of benzene rings is 1. The van der Waals surface area contributed by atoms with Crippen LogP contribution in [-0.2, 0) is 6.18 Å². The van der Waals surface area contributed by atoms with Crippen LogP contribution in [0.1, 0.15) is 11.1 Å². The van der Waals surface area contributed by atoms with Crippen LogP contribution < -0.4 is 16.0 Å². The SMILES string of the molecule is CNc1cc(Nc2ncc(C(F)(F)F)c(NC)n2)ccc1C(=N)Br. The standard InChI is InChI=1S/C14H14BrF3N6/c1-20-10-5-7(3-4-8(10)11(15)19)23-13-22-6-9(14(16,17)18)12(21-2)24-13/h3-6,19-20H,1-2H3,(H2,21,22,23,24). The summed E-state index contributed by atoms with van der Waals surface area (Å²) in [6, 6.07) is 5.06. The van der Waals surface area contributed by atoms with Gasteiger partial charge in [-0.05, 0) is 34.1 Å². The number of hydrogen-bond acceptors (Lipinski definition) is 6. The lowest BCUT2D eigenvalue weighted by Gasteiger charge is -2.14. The first-order valence-electron chi connectivity index (χ1n) is 6.71. The summed E-state index contributed by atoms with van der Waals surface area (Å²) in [5.74, 6) is -0.288. The van der Waals surface area contributed by atoms with Crippen molar-refractivity contribution in [3.8, 4) is 0 Å². The van der Waals surface area contributed by atoms with Gasteiger partial charge in [-0.1, -0.05) is 0 Å². The van der Waals surface area contributed by atoms with Gasteiger partial charge in [0.25, 0.3) is 0 Å². The molecular weight excluding hydrogens is 389 g/mol. The number of anilines is 4. The van der Waals surface area contributed by atoms with Crippen LogP contribution in [0.3, 0.4) is 0 Å². The molecule has 6 nitrogen and oxygen atoms in total. The van der Waals surface area contributed by atoms with Crippen LogP contribution in [0.25, 0.3) is 0 Å². The topological polar surface area (TPSA) is 85.7 Å². The molecule has 0 unspecified atom stereocenters. The Bertz CT molecular complexity index is 763. The van der Waals surface area contributed by atoms with Gasteiger partial charge in [-0.2, -0.15) is 18.2 Å². The summed E-state index contributed by atoms with van der Waals surface area (Å²) in [4.78, 5) is 7.55. The van der Waals surface area contributed by atoms with E-state index in [1.54, 1.807) is 25.2 Å². The zero-order chi connectivity index (χ0) is 17.9. The predicted molar refractivity (Wildman–Crippen MR) is 91.6 cm³/mol. The summed E-state index contributed by atoms with van der Waals surface area (Å²) in [5, 5.41) is 15.8. The van der Waals surface area contributed by atoms with Gasteiger partial charge in [-0.15, -0.1) is 0 Å². The van der Waals surface area contributed by atoms with Crippen molar-refractivity contribution in [2.24, 2.45) is 0 Å². The Morgan fingerprint density at radius 2 is 1.92 bits per heavy atom. The molecule has 0 aliphatic carbocycles. The van der Waals surface area contributed by atoms with E-state index in [0.29, 0.717) is 16.9 Å². The van der Waals surface area contributed by atoms with Crippen molar-refractivity contribution in [3.05, 3.63) is 35.5 Å². The molecule has 0 spiro atoms. The molecule has 0 aliphatic heterocycles. The smallest absolute Gasteiger partial charge is 0.387 e. The van der Waals surface area contributed by atoms with Crippen LogP contribution in [0.5, 0.6) is 0 Å². The van der Waals surface area contributed by atoms with Gasteiger partial charge in [-0.3, -0.25) is 5.41 Å². The average Bonchev–Trinajstić information content (AvgIpc) is 2.53. The van der Waals surface area contributed by atoms with E-state index >= 15 is 0 Å². The zero-order valence-electron chi connectivity index (χ0n) is 12.7. The van der Waals surface area contributed by atoms with Gasteiger partial charge in [-0.25, -0.2) is 4.98 Å². The molecule has 24 heavy (non-hydrogen) atoms. The maximum absolute atomic E-state index is 12.8. The van der Waals surface area contributed by atoms with Gasteiger partial charge in [0.1, 0.15) is 16.0 Å². The van der Waals surface area contributed by atoms with Gasteiger partial charge in [0, 0.05) is 37.2 Å². The number of aromatic nitrogens is 2. The molecule has 0 bridgehead atoms. The third kappa shape index (κ3) is 3.94. The summed E-state index contributed by atoms with van der Waals surface area (Å²) in [6.07, 6.45) is -3.81. The minimum absolute atomic E-state index is 0.0241. The van der Waals surface area contributed by atoms with Crippen molar-refractivity contribution < 1.29 is 13.2 Å². The summed E-state index contributed by atoms with van der Waals surface area (Å²) in [7, 11) is 3.06. The number of nitrogens with one attached hydrogen (secondary N) is 4. The van der Waals surface area contributed by atoms with Crippen molar-refractivity contribution in [3.63, 3.8) is 0 Å². The Balaban J connectivity index is 2.33. The second-order valence-electron chi connectivity index (χ2n) is 4.65. The molecule has 2 aromatic rings. The van der Waals surface area contributed by atoms with Crippen molar-refractivity contribution in [2.45, 2.75) is 6.18 Å². The van der Waals surface area contributed by atoms with Gasteiger partial charge in [0.2, 0.25) is 5.95 Å². The van der Waals surface area contributed by atoms with Crippen LogP contribution in [0.2, 0.25) is 0 Å². The highest BCUT2D eigenvalue weighted by Crippen LogP contribution is 2.34. The highest BCUT2D eigenvalue weighted by molar-refractivity contribution is 9.18. The van der Waals surface area contributed by atoms with E-state index in [2.05, 4.69) is 41.8 Å². The second-order valence-corrected chi connectivity index (χ2v) is 5.45. The van der Waals surface area contributed by atoms with E-state index in [9.17, 15) is 13.2 Å². The molecule has 0 radical (unpaired) electrons. The highest BCUT2D eigenvalue weighted by atomic mass is 79.9. The highest BCUT2D eigenvalue weighted by Gasteiger charge is 2.35. The van der Waals surface area contributed by atoms with Crippen molar-refractivity contribution in [2.75, 3.05) is 30.0 Å². The van der Waals surface area contributed by atoms with E-state index < -0.39 is 11.7 Å². The molecule has 0 saturated carbocycles. The normalized spacial score (nSPS) is 11.1. The molecule has 0 saturated heterocycles. The van der Waals surface area contributed by atoms with E-state index in [4.69, 9.17) is 5.41 Å². The number of rotatable bonds is 5. The Kier molecular flexibility index (Phi) is 5.27. The molecule has 1 aromatic heterocycles. The fourth-order valence-electron chi connectivity index (χ4n) is 1.99. The zero-order valence-corrected chi connectivity index (χ0v) is 14.3. The number of alkyl halides is 3. The van der Waals surface area contributed by atoms with Gasteiger partial charge in [0.05, 0.1) is 0 Å². The molecular formula is C14H14BrF3N6. The third-order valence-electron chi connectivity index (χ3n) is 3.11. The summed E-state index contributed by atoms with van der Waals surface area (Å²) in [6.45, 7) is 0. The molecule has 2 rings (SSSR count). The van der Waals surface area contributed by atoms with E-state index in [0.717, 1.165) is 6.20 Å². The van der Waals surface area contributed by atoms with E-state index in [-0.39, 0.29) is 16.4 Å². The van der Waals surface area contributed by atoms with E-state index in [1.165, 1.54) is 7.05 Å². The molecule has 0 atom stereocenters. The van der Waals surface area contributed by atoms with Crippen molar-refractivity contribution in [1.82, 2.24) is 9.97 Å². The van der Waals surface area contributed by atoms with Crippen molar-refractivity contribution >= 4 is 43.7 Å². The molecule has 10 heteroatoms. The van der Waals surface area contributed by atoms with Crippen LogP contribution in [-0.4, -0.2) is 28.7 Å². The summed E-state index contributed by atoms with van der Waals surface area (Å²) >= 11 is 3.09. The van der Waals surface area contributed by atoms with Gasteiger partial charge < -0.3 is 16.0 Å². The lowest BCUT2D eigenvalue weighted by atomic mass is 10.1. The number of nitrogens with zero attached hydrogens (tertiary/aromatic N) is 2. The monoisotopic (exact) mass is 402 g/mol. The molecule has 0 aliphatic rings. The number of hydrogen-bond donors (Lipinski definition) is 4. The summed E-state index contributed by atoms with van der Waals surface area (Å²) < 4.78 is 38.7.